The first-order valence-corrected chi connectivity index (χ1v) is 12.5. The van der Waals surface area contributed by atoms with Crippen molar-refractivity contribution < 1.29 is 45.1 Å². The van der Waals surface area contributed by atoms with Crippen LogP contribution < -0.4 is 11.1 Å². The van der Waals surface area contributed by atoms with Crippen LogP contribution in [0.3, 0.4) is 0 Å². The molecule has 0 saturated carbocycles. The number of carbonyl (C=O) groups is 2. The summed E-state index contributed by atoms with van der Waals surface area (Å²) in [6.45, 7) is 4.25. The van der Waals surface area contributed by atoms with Gasteiger partial charge in [-0.25, -0.2) is 4.39 Å². The first-order chi connectivity index (χ1) is 18.4. The molecule has 3 N–H and O–H groups in total. The Balaban J connectivity index is 1.70. The Labute approximate surface area is 225 Å². The van der Waals surface area contributed by atoms with E-state index >= 15 is 0 Å². The molecular weight excluding hydrogens is 547 g/mol. The van der Waals surface area contributed by atoms with Crippen LogP contribution in [-0.2, 0) is 26.7 Å². The molecule has 5 atom stereocenters. The standard InChI is InChI=1S/C27H28F7N3O3/c1-13(15-8-16(26(29,30)31)10-17(9-15)27(32,33)34)40-20-12-37-21(38)11-19(36-24(39)25(2,3)35)23(37)22(20)14-4-6-18(28)7-5-14/h4-10,13,19-20,22-23H,11-12,35H2,1-3H3,(H,36,39)/t13-,19?,20+,22-,23+/m1/s1. The van der Waals surface area contributed by atoms with Gasteiger partial charge in [0, 0.05) is 18.9 Å². The lowest BCUT2D eigenvalue weighted by Gasteiger charge is -2.31. The highest BCUT2D eigenvalue weighted by Crippen LogP contribution is 2.44. The maximum absolute atomic E-state index is 13.7. The van der Waals surface area contributed by atoms with Gasteiger partial charge >= 0.3 is 12.4 Å². The summed E-state index contributed by atoms with van der Waals surface area (Å²) in [5.74, 6) is -2.07. The molecule has 0 bridgehead atoms. The van der Waals surface area contributed by atoms with Gasteiger partial charge in [0.05, 0.1) is 41.0 Å². The van der Waals surface area contributed by atoms with Crippen LogP contribution in [0, 0.1) is 5.82 Å². The van der Waals surface area contributed by atoms with Crippen molar-refractivity contribution in [2.24, 2.45) is 5.73 Å². The van der Waals surface area contributed by atoms with E-state index in [2.05, 4.69) is 5.32 Å². The molecule has 1 unspecified atom stereocenters. The zero-order chi connectivity index (χ0) is 29.8. The zero-order valence-corrected chi connectivity index (χ0v) is 21.7. The van der Waals surface area contributed by atoms with Gasteiger partial charge < -0.3 is 20.7 Å². The normalized spacial score (nSPS) is 24.3. The Bertz CT molecular complexity index is 1240. The minimum Gasteiger partial charge on any atom is -0.368 e. The lowest BCUT2D eigenvalue weighted by molar-refractivity contribution is -0.143. The maximum Gasteiger partial charge on any atom is 0.416 e. The smallest absolute Gasteiger partial charge is 0.368 e. The number of benzene rings is 2. The van der Waals surface area contributed by atoms with E-state index in [-0.39, 0.29) is 30.5 Å². The van der Waals surface area contributed by atoms with Crippen molar-refractivity contribution in [2.45, 2.75) is 75.3 Å². The van der Waals surface area contributed by atoms with Gasteiger partial charge in [-0.15, -0.1) is 0 Å². The number of carbonyl (C=O) groups excluding carboxylic acids is 2. The summed E-state index contributed by atoms with van der Waals surface area (Å²) in [4.78, 5) is 27.0. The number of amides is 2. The summed E-state index contributed by atoms with van der Waals surface area (Å²) in [5.41, 5.74) is 1.86. The fourth-order valence-electron chi connectivity index (χ4n) is 5.27. The van der Waals surface area contributed by atoms with Gasteiger partial charge in [-0.05, 0) is 62.2 Å². The summed E-state index contributed by atoms with van der Waals surface area (Å²) < 4.78 is 100. The zero-order valence-electron chi connectivity index (χ0n) is 21.7. The molecule has 0 aliphatic carbocycles. The van der Waals surface area contributed by atoms with Crippen molar-refractivity contribution in [2.75, 3.05) is 6.54 Å². The molecule has 2 amide bonds. The third-order valence-electron chi connectivity index (χ3n) is 7.25. The predicted octanol–water partition coefficient (Wildman–Crippen LogP) is 4.93. The number of nitrogens with zero attached hydrogens (tertiary/aromatic N) is 1. The van der Waals surface area contributed by atoms with Gasteiger partial charge in [-0.1, -0.05) is 12.1 Å². The molecule has 40 heavy (non-hydrogen) atoms. The van der Waals surface area contributed by atoms with Gasteiger partial charge in [-0.3, -0.25) is 9.59 Å². The highest BCUT2D eigenvalue weighted by Gasteiger charge is 2.54. The molecule has 2 saturated heterocycles. The van der Waals surface area contributed by atoms with Gasteiger partial charge in [0.15, 0.2) is 0 Å². The topological polar surface area (TPSA) is 84.7 Å². The van der Waals surface area contributed by atoms with Crippen molar-refractivity contribution in [3.05, 3.63) is 70.5 Å². The predicted molar refractivity (Wildman–Crippen MR) is 129 cm³/mol. The summed E-state index contributed by atoms with van der Waals surface area (Å²) in [5, 5.41) is 2.78. The van der Waals surface area contributed by atoms with Crippen LogP contribution in [0.2, 0.25) is 0 Å². The molecule has 4 rings (SSSR count). The third kappa shape index (κ3) is 6.09. The van der Waals surface area contributed by atoms with E-state index in [1.54, 1.807) is 0 Å². The van der Waals surface area contributed by atoms with Crippen LogP contribution in [0.5, 0.6) is 0 Å². The van der Waals surface area contributed by atoms with E-state index in [9.17, 15) is 40.3 Å². The van der Waals surface area contributed by atoms with Gasteiger partial charge in [0.2, 0.25) is 11.8 Å². The monoisotopic (exact) mass is 575 g/mol. The van der Waals surface area contributed by atoms with Crippen LogP contribution in [0.15, 0.2) is 42.5 Å². The van der Waals surface area contributed by atoms with Crippen molar-refractivity contribution in [1.82, 2.24) is 10.2 Å². The molecule has 2 aliphatic heterocycles. The van der Waals surface area contributed by atoms with E-state index < -0.39 is 71.0 Å². The highest BCUT2D eigenvalue weighted by atomic mass is 19.4. The average Bonchev–Trinajstić information content (AvgIpc) is 3.34. The molecule has 0 radical (unpaired) electrons. The molecule has 2 aromatic rings. The largest absolute Gasteiger partial charge is 0.416 e. The Morgan fingerprint density at radius 2 is 1.57 bits per heavy atom. The van der Waals surface area contributed by atoms with Crippen LogP contribution in [-0.4, -0.2) is 47.0 Å². The van der Waals surface area contributed by atoms with Crippen molar-refractivity contribution >= 4 is 11.8 Å². The number of rotatable bonds is 6. The summed E-state index contributed by atoms with van der Waals surface area (Å²) in [6.07, 6.45) is -12.3. The Hall–Kier alpha value is -3.19. The number of nitrogens with two attached hydrogens (primary N) is 1. The lowest BCUT2D eigenvalue weighted by Crippen LogP contribution is -2.55. The second-order valence-electron chi connectivity index (χ2n) is 10.8. The number of hydrogen-bond donors (Lipinski definition) is 2. The lowest BCUT2D eigenvalue weighted by atomic mass is 9.85. The number of hydrogen-bond acceptors (Lipinski definition) is 4. The third-order valence-corrected chi connectivity index (χ3v) is 7.25. The number of alkyl halides is 6. The second kappa shape index (κ2) is 10.3. The summed E-state index contributed by atoms with van der Waals surface area (Å²) in [6, 6.07) is 5.15. The van der Waals surface area contributed by atoms with E-state index in [1.807, 2.05) is 0 Å². The van der Waals surface area contributed by atoms with Crippen LogP contribution in [0.25, 0.3) is 0 Å². The van der Waals surface area contributed by atoms with Crippen molar-refractivity contribution in [3.63, 3.8) is 0 Å². The summed E-state index contributed by atoms with van der Waals surface area (Å²) in [7, 11) is 0. The molecule has 0 spiro atoms. The quantitative estimate of drug-likeness (QED) is 0.479. The highest BCUT2D eigenvalue weighted by molar-refractivity contribution is 5.87. The average molecular weight is 576 g/mol. The van der Waals surface area contributed by atoms with Crippen LogP contribution >= 0.6 is 0 Å². The molecule has 0 aromatic heterocycles. The van der Waals surface area contributed by atoms with Crippen LogP contribution in [0.1, 0.15) is 61.5 Å². The number of ether oxygens (including phenoxy) is 1. The maximum atomic E-state index is 13.7. The molecular formula is C27H28F7N3O3. The van der Waals surface area contributed by atoms with Gasteiger partial charge in [-0.2, -0.15) is 26.3 Å². The number of halogens is 7. The molecule has 13 heteroatoms. The first kappa shape index (κ1) is 29.8. The summed E-state index contributed by atoms with van der Waals surface area (Å²) >= 11 is 0. The van der Waals surface area contributed by atoms with E-state index in [1.165, 1.54) is 49.9 Å². The van der Waals surface area contributed by atoms with Gasteiger partial charge in [0.25, 0.3) is 0 Å². The molecule has 2 aromatic carbocycles. The Morgan fingerprint density at radius 3 is 2.08 bits per heavy atom. The molecule has 2 heterocycles. The van der Waals surface area contributed by atoms with Crippen LogP contribution in [0.4, 0.5) is 30.7 Å². The minimum absolute atomic E-state index is 0.0358. The Morgan fingerprint density at radius 1 is 1.02 bits per heavy atom. The fraction of sp³-hybridized carbons (Fsp3) is 0.481. The first-order valence-electron chi connectivity index (χ1n) is 12.5. The minimum atomic E-state index is -5.03. The number of fused-ring (bicyclic) bond motifs is 1. The van der Waals surface area contributed by atoms with Crippen molar-refractivity contribution in [1.29, 1.82) is 0 Å². The second-order valence-corrected chi connectivity index (χ2v) is 10.8. The fourth-order valence-corrected chi connectivity index (χ4v) is 5.27. The molecule has 6 nitrogen and oxygen atoms in total. The van der Waals surface area contributed by atoms with Gasteiger partial charge in [0.1, 0.15) is 5.82 Å². The Kier molecular flexibility index (Phi) is 7.69. The van der Waals surface area contributed by atoms with Crippen molar-refractivity contribution in [3.8, 4) is 0 Å². The SMILES string of the molecule is C[C@@H](O[C@H]1CN2C(=O)CC(NC(=O)C(C)(C)N)[C@H]2[C@@H]1c1ccc(F)cc1)c1cc(C(F)(F)F)cc(C(F)(F)F)c1. The molecule has 2 aliphatic rings. The van der Waals surface area contributed by atoms with E-state index in [4.69, 9.17) is 10.5 Å². The van der Waals surface area contributed by atoms with E-state index in [0.717, 1.165) is 0 Å². The molecule has 2 fully saturated rings. The molecule has 218 valence electrons. The van der Waals surface area contributed by atoms with E-state index in [0.29, 0.717) is 17.7 Å². The number of nitrogens with one attached hydrogen (secondary N) is 1.